The predicted molar refractivity (Wildman–Crippen MR) is 85.6 cm³/mol. The van der Waals surface area contributed by atoms with Crippen molar-refractivity contribution in [2.75, 3.05) is 7.11 Å². The van der Waals surface area contributed by atoms with Crippen LogP contribution in [0.25, 0.3) is 0 Å². The fourth-order valence-electron chi connectivity index (χ4n) is 2.24. The summed E-state index contributed by atoms with van der Waals surface area (Å²) in [5.41, 5.74) is 2.53. The summed E-state index contributed by atoms with van der Waals surface area (Å²) in [7, 11) is 1.30. The molecule has 0 atom stereocenters. The van der Waals surface area contributed by atoms with Crippen LogP contribution in [-0.4, -0.2) is 23.2 Å². The van der Waals surface area contributed by atoms with E-state index in [0.717, 1.165) is 11.1 Å². The van der Waals surface area contributed by atoms with Crippen molar-refractivity contribution >= 4 is 5.97 Å². The van der Waals surface area contributed by atoms with E-state index in [1.54, 1.807) is 18.2 Å². The Morgan fingerprint density at radius 1 is 1.28 bits per heavy atom. The van der Waals surface area contributed by atoms with E-state index in [1.807, 2.05) is 6.07 Å². The SMILES string of the molecule is COC(=O)c1ccc(OCc2conc2Cc2cccc(F)c2)nc1. The number of pyridine rings is 1. The summed E-state index contributed by atoms with van der Waals surface area (Å²) >= 11 is 0. The van der Waals surface area contributed by atoms with Gasteiger partial charge in [0.1, 0.15) is 18.7 Å². The quantitative estimate of drug-likeness (QED) is 0.641. The minimum atomic E-state index is -0.463. The van der Waals surface area contributed by atoms with Gasteiger partial charge in [-0.3, -0.25) is 0 Å². The highest BCUT2D eigenvalue weighted by Crippen LogP contribution is 2.17. The predicted octanol–water partition coefficient (Wildman–Crippen LogP) is 3.17. The van der Waals surface area contributed by atoms with Gasteiger partial charge in [-0.2, -0.15) is 0 Å². The van der Waals surface area contributed by atoms with Crippen LogP contribution in [0.5, 0.6) is 5.88 Å². The Morgan fingerprint density at radius 3 is 2.88 bits per heavy atom. The normalized spacial score (nSPS) is 10.5. The van der Waals surface area contributed by atoms with Crippen molar-refractivity contribution < 1.29 is 23.2 Å². The third-order valence-electron chi connectivity index (χ3n) is 3.52. The fourth-order valence-corrected chi connectivity index (χ4v) is 2.24. The third kappa shape index (κ3) is 4.20. The number of hydrogen-bond acceptors (Lipinski definition) is 6. The summed E-state index contributed by atoms with van der Waals surface area (Å²) in [6, 6.07) is 9.44. The lowest BCUT2D eigenvalue weighted by atomic mass is 10.1. The van der Waals surface area contributed by atoms with Gasteiger partial charge in [-0.15, -0.1) is 0 Å². The smallest absolute Gasteiger partial charge is 0.339 e. The molecule has 2 heterocycles. The molecular weight excluding hydrogens is 327 g/mol. The maximum atomic E-state index is 13.3. The molecule has 3 rings (SSSR count). The summed E-state index contributed by atoms with van der Waals surface area (Å²) in [5.74, 6) is -0.408. The number of carbonyl (C=O) groups excluding carboxylic acids is 1. The summed E-state index contributed by atoms with van der Waals surface area (Å²) in [4.78, 5) is 15.4. The van der Waals surface area contributed by atoms with Gasteiger partial charge < -0.3 is 14.0 Å². The lowest BCUT2D eigenvalue weighted by molar-refractivity contribution is 0.0600. The van der Waals surface area contributed by atoms with Gasteiger partial charge in [0.15, 0.2) is 0 Å². The molecule has 0 fully saturated rings. The molecule has 0 aliphatic heterocycles. The first kappa shape index (κ1) is 16.6. The Balaban J connectivity index is 1.64. The van der Waals surface area contributed by atoms with Crippen LogP contribution in [0.15, 0.2) is 53.4 Å². The Labute approximate surface area is 143 Å². The molecule has 7 heteroatoms. The van der Waals surface area contributed by atoms with Crippen molar-refractivity contribution in [3.8, 4) is 5.88 Å². The first-order valence-electron chi connectivity index (χ1n) is 7.49. The van der Waals surface area contributed by atoms with Crippen molar-refractivity contribution in [3.63, 3.8) is 0 Å². The zero-order valence-electron chi connectivity index (χ0n) is 13.4. The summed E-state index contributed by atoms with van der Waals surface area (Å²) in [5, 5.41) is 3.94. The largest absolute Gasteiger partial charge is 0.473 e. The molecule has 0 saturated carbocycles. The third-order valence-corrected chi connectivity index (χ3v) is 3.52. The first-order valence-corrected chi connectivity index (χ1v) is 7.49. The van der Waals surface area contributed by atoms with E-state index >= 15 is 0 Å². The van der Waals surface area contributed by atoms with Crippen LogP contribution in [0, 0.1) is 5.82 Å². The molecule has 1 aromatic carbocycles. The number of benzene rings is 1. The molecule has 0 amide bonds. The molecule has 3 aromatic rings. The van der Waals surface area contributed by atoms with E-state index in [0.29, 0.717) is 23.6 Å². The molecule has 0 spiro atoms. The standard InChI is InChI=1S/C18H15FN2O4/c1-23-18(22)13-5-6-17(20-9-13)24-10-14-11-25-21-16(14)8-12-3-2-4-15(19)7-12/h2-7,9,11H,8,10H2,1H3. The van der Waals surface area contributed by atoms with Crippen molar-refractivity contribution in [1.82, 2.24) is 10.1 Å². The van der Waals surface area contributed by atoms with Crippen LogP contribution in [0.3, 0.4) is 0 Å². The number of hydrogen-bond donors (Lipinski definition) is 0. The van der Waals surface area contributed by atoms with Gasteiger partial charge in [-0.05, 0) is 23.8 Å². The first-order chi connectivity index (χ1) is 12.2. The average Bonchev–Trinajstić information content (AvgIpc) is 3.07. The van der Waals surface area contributed by atoms with Gasteiger partial charge in [0.25, 0.3) is 0 Å². The molecule has 0 aliphatic carbocycles. The Morgan fingerprint density at radius 2 is 2.16 bits per heavy atom. The number of aromatic nitrogens is 2. The zero-order valence-corrected chi connectivity index (χ0v) is 13.4. The van der Waals surface area contributed by atoms with E-state index in [4.69, 9.17) is 9.26 Å². The number of halogens is 1. The average molecular weight is 342 g/mol. The molecule has 25 heavy (non-hydrogen) atoms. The van der Waals surface area contributed by atoms with E-state index < -0.39 is 5.97 Å². The lowest BCUT2D eigenvalue weighted by Gasteiger charge is -2.06. The lowest BCUT2D eigenvalue weighted by Crippen LogP contribution is -2.03. The van der Waals surface area contributed by atoms with Gasteiger partial charge in [0.2, 0.25) is 5.88 Å². The molecule has 2 aromatic heterocycles. The highest BCUT2D eigenvalue weighted by Gasteiger charge is 2.11. The number of esters is 1. The second-order valence-corrected chi connectivity index (χ2v) is 5.26. The maximum Gasteiger partial charge on any atom is 0.339 e. The molecule has 128 valence electrons. The highest BCUT2D eigenvalue weighted by atomic mass is 19.1. The zero-order chi connectivity index (χ0) is 17.6. The molecule has 6 nitrogen and oxygen atoms in total. The molecule has 0 unspecified atom stereocenters. The van der Waals surface area contributed by atoms with Crippen molar-refractivity contribution in [2.45, 2.75) is 13.0 Å². The van der Waals surface area contributed by atoms with E-state index in [2.05, 4.69) is 14.9 Å². The Bertz CT molecular complexity index is 862. The number of ether oxygens (including phenoxy) is 2. The van der Waals surface area contributed by atoms with Crippen molar-refractivity contribution in [1.29, 1.82) is 0 Å². The van der Waals surface area contributed by atoms with E-state index in [-0.39, 0.29) is 12.4 Å². The van der Waals surface area contributed by atoms with Crippen molar-refractivity contribution in [3.05, 3.63) is 77.1 Å². The molecule has 0 radical (unpaired) electrons. The van der Waals surface area contributed by atoms with Gasteiger partial charge in [-0.25, -0.2) is 14.2 Å². The van der Waals surface area contributed by atoms with Crippen LogP contribution >= 0.6 is 0 Å². The topological polar surface area (TPSA) is 74.5 Å². The van der Waals surface area contributed by atoms with E-state index in [9.17, 15) is 9.18 Å². The second kappa shape index (κ2) is 7.57. The minimum absolute atomic E-state index is 0.193. The maximum absolute atomic E-state index is 13.3. The molecule has 0 saturated heterocycles. The van der Waals surface area contributed by atoms with Gasteiger partial charge in [-0.1, -0.05) is 17.3 Å². The number of nitrogens with zero attached hydrogens (tertiary/aromatic N) is 2. The molecular formula is C18H15FN2O4. The van der Waals surface area contributed by atoms with Crippen LogP contribution in [0.2, 0.25) is 0 Å². The molecule has 0 bridgehead atoms. The van der Waals surface area contributed by atoms with Gasteiger partial charge in [0.05, 0.1) is 23.9 Å². The van der Waals surface area contributed by atoms with Crippen molar-refractivity contribution in [2.24, 2.45) is 0 Å². The van der Waals surface area contributed by atoms with Crippen LogP contribution in [0.4, 0.5) is 4.39 Å². The second-order valence-electron chi connectivity index (χ2n) is 5.26. The van der Waals surface area contributed by atoms with Crippen LogP contribution in [-0.2, 0) is 17.8 Å². The number of methoxy groups -OCH3 is 1. The molecule has 0 N–H and O–H groups in total. The van der Waals surface area contributed by atoms with E-state index in [1.165, 1.54) is 31.7 Å². The summed E-state index contributed by atoms with van der Waals surface area (Å²) in [6.45, 7) is 0.193. The fraction of sp³-hybridized carbons (Fsp3) is 0.167. The summed E-state index contributed by atoms with van der Waals surface area (Å²) in [6.07, 6.45) is 3.29. The number of rotatable bonds is 6. The Kier molecular flexibility index (Phi) is 5.03. The van der Waals surface area contributed by atoms with Gasteiger partial charge >= 0.3 is 5.97 Å². The number of carbonyl (C=O) groups is 1. The monoisotopic (exact) mass is 342 g/mol. The molecule has 0 aliphatic rings. The minimum Gasteiger partial charge on any atom is -0.473 e. The van der Waals surface area contributed by atoms with Gasteiger partial charge in [0, 0.05) is 18.7 Å². The highest BCUT2D eigenvalue weighted by molar-refractivity contribution is 5.88. The van der Waals surface area contributed by atoms with Crippen LogP contribution in [0.1, 0.15) is 27.2 Å². The summed E-state index contributed by atoms with van der Waals surface area (Å²) < 4.78 is 28.5. The van der Waals surface area contributed by atoms with Crippen LogP contribution < -0.4 is 4.74 Å². The Hall–Kier alpha value is -3.22.